The van der Waals surface area contributed by atoms with Gasteiger partial charge in [-0.25, -0.2) is 4.68 Å². The molecular formula is C23H23F3N4O2. The van der Waals surface area contributed by atoms with Crippen LogP contribution in [-0.4, -0.2) is 40.1 Å². The van der Waals surface area contributed by atoms with Crippen LogP contribution in [0.5, 0.6) is 0 Å². The highest BCUT2D eigenvalue weighted by Gasteiger charge is 2.40. The number of aromatic nitrogens is 2. The summed E-state index contributed by atoms with van der Waals surface area (Å²) in [6.45, 7) is 3.63. The van der Waals surface area contributed by atoms with Crippen LogP contribution in [0.1, 0.15) is 39.3 Å². The Morgan fingerprint density at radius 3 is 2.59 bits per heavy atom. The van der Waals surface area contributed by atoms with Crippen molar-refractivity contribution in [1.29, 1.82) is 5.26 Å². The summed E-state index contributed by atoms with van der Waals surface area (Å²) in [5.41, 5.74) is 3.11. The van der Waals surface area contributed by atoms with Gasteiger partial charge in [0.2, 0.25) is 0 Å². The van der Waals surface area contributed by atoms with Crippen LogP contribution in [0.15, 0.2) is 42.0 Å². The Bertz CT molecular complexity index is 1110. The second kappa shape index (κ2) is 9.40. The number of amides is 1. The van der Waals surface area contributed by atoms with Gasteiger partial charge < -0.3 is 10.4 Å². The maximum atomic E-state index is 13.4. The minimum absolute atomic E-state index is 0.0231. The molecule has 1 atom stereocenters. The molecule has 0 saturated heterocycles. The number of carbonyl (C=O) groups is 1. The summed E-state index contributed by atoms with van der Waals surface area (Å²) >= 11 is 0. The first-order chi connectivity index (χ1) is 15.2. The number of benzene rings is 1. The molecule has 0 aliphatic heterocycles. The molecule has 1 amide bonds. The van der Waals surface area contributed by atoms with Crippen LogP contribution in [0, 0.1) is 31.1 Å². The predicted molar refractivity (Wildman–Crippen MR) is 112 cm³/mol. The normalized spacial score (nSPS) is 16.2. The first-order valence-corrected chi connectivity index (χ1v) is 10.1. The van der Waals surface area contributed by atoms with Gasteiger partial charge in [-0.1, -0.05) is 18.2 Å². The van der Waals surface area contributed by atoms with Crippen molar-refractivity contribution >= 4 is 11.6 Å². The average Bonchev–Trinajstić information content (AvgIpc) is 3.05. The third-order valence-corrected chi connectivity index (χ3v) is 5.40. The fourth-order valence-corrected chi connectivity index (χ4v) is 3.67. The molecule has 2 aromatic rings. The van der Waals surface area contributed by atoms with Gasteiger partial charge in [0.25, 0.3) is 5.91 Å². The lowest BCUT2D eigenvalue weighted by atomic mass is 9.91. The van der Waals surface area contributed by atoms with Gasteiger partial charge >= 0.3 is 6.18 Å². The molecule has 32 heavy (non-hydrogen) atoms. The number of nitrogens with one attached hydrogen (secondary N) is 1. The molecule has 3 rings (SSSR count). The van der Waals surface area contributed by atoms with E-state index in [1.165, 1.54) is 4.68 Å². The number of rotatable bonds is 6. The van der Waals surface area contributed by atoms with Crippen molar-refractivity contribution in [1.82, 2.24) is 15.1 Å². The van der Waals surface area contributed by atoms with Gasteiger partial charge in [-0.2, -0.15) is 23.5 Å². The summed E-state index contributed by atoms with van der Waals surface area (Å²) in [5, 5.41) is 24.9. The Morgan fingerprint density at radius 1 is 1.31 bits per heavy atom. The number of aliphatic hydroxyl groups is 1. The molecule has 6 nitrogen and oxygen atoms in total. The highest BCUT2D eigenvalue weighted by atomic mass is 19.4. The van der Waals surface area contributed by atoms with Crippen LogP contribution in [0.2, 0.25) is 0 Å². The molecule has 1 aliphatic carbocycles. The van der Waals surface area contributed by atoms with Crippen molar-refractivity contribution in [3.8, 4) is 6.07 Å². The molecule has 0 spiro atoms. The number of nitriles is 1. The van der Waals surface area contributed by atoms with E-state index in [9.17, 15) is 18.0 Å². The first-order valence-electron chi connectivity index (χ1n) is 10.1. The summed E-state index contributed by atoms with van der Waals surface area (Å²) in [6.07, 6.45) is -1.50. The van der Waals surface area contributed by atoms with E-state index >= 15 is 0 Å². The SMILES string of the molecule is Cc1nn(C2=CCC(C#N)C(C(F)(F)F)=C2)c(C)c1Cc1ccc(C(=O)NCCO)cc1. The molecule has 0 saturated carbocycles. The Labute approximate surface area is 183 Å². The van der Waals surface area contributed by atoms with Crippen LogP contribution in [-0.2, 0) is 6.42 Å². The molecule has 1 aromatic carbocycles. The lowest BCUT2D eigenvalue weighted by Crippen LogP contribution is -2.26. The Morgan fingerprint density at radius 2 is 2.00 bits per heavy atom. The highest BCUT2D eigenvalue weighted by Crippen LogP contribution is 2.38. The number of hydrogen-bond acceptors (Lipinski definition) is 4. The van der Waals surface area contributed by atoms with E-state index in [-0.39, 0.29) is 25.5 Å². The van der Waals surface area contributed by atoms with Crippen LogP contribution in [0.3, 0.4) is 0 Å². The molecular weight excluding hydrogens is 421 g/mol. The number of nitrogens with zero attached hydrogens (tertiary/aromatic N) is 3. The van der Waals surface area contributed by atoms with Crippen LogP contribution >= 0.6 is 0 Å². The Balaban J connectivity index is 1.84. The first kappa shape index (κ1) is 23.3. The summed E-state index contributed by atoms with van der Waals surface area (Å²) < 4.78 is 41.6. The Kier molecular flexibility index (Phi) is 6.84. The number of aryl methyl sites for hydroxylation is 1. The zero-order valence-electron chi connectivity index (χ0n) is 17.7. The van der Waals surface area contributed by atoms with Crippen LogP contribution in [0.25, 0.3) is 5.70 Å². The fourth-order valence-electron chi connectivity index (χ4n) is 3.67. The maximum absolute atomic E-state index is 13.4. The molecule has 1 aromatic heterocycles. The summed E-state index contributed by atoms with van der Waals surface area (Å²) in [5.74, 6) is -1.50. The molecule has 1 aliphatic rings. The quantitative estimate of drug-likeness (QED) is 0.711. The minimum Gasteiger partial charge on any atom is -0.395 e. The standard InChI is InChI=1S/C23H23F3N4O2/c1-14-20(11-16-3-5-17(6-4-16)22(32)28-9-10-31)15(2)30(29-14)19-8-7-18(13-27)21(12-19)23(24,25)26/h3-6,8,12,18,31H,7,9-11H2,1-2H3,(H,28,32). The number of allylic oxidation sites excluding steroid dienone is 4. The van der Waals surface area contributed by atoms with E-state index in [0.717, 1.165) is 17.2 Å². The van der Waals surface area contributed by atoms with Crippen molar-refractivity contribution in [2.75, 3.05) is 13.2 Å². The minimum atomic E-state index is -4.58. The fraction of sp³-hybridized carbons (Fsp3) is 0.348. The lowest BCUT2D eigenvalue weighted by molar-refractivity contribution is -0.0970. The number of hydrogen-bond donors (Lipinski definition) is 2. The third-order valence-electron chi connectivity index (χ3n) is 5.40. The summed E-state index contributed by atoms with van der Waals surface area (Å²) in [4.78, 5) is 12.0. The van der Waals surface area contributed by atoms with Gasteiger partial charge in [-0.05, 0) is 44.0 Å². The van der Waals surface area contributed by atoms with Gasteiger partial charge in [0.05, 0.1) is 35.6 Å². The maximum Gasteiger partial charge on any atom is 0.414 e. The lowest BCUT2D eigenvalue weighted by Gasteiger charge is -2.21. The number of carbonyl (C=O) groups excluding carboxylic acids is 1. The van der Waals surface area contributed by atoms with E-state index in [1.807, 2.05) is 12.1 Å². The molecule has 9 heteroatoms. The zero-order chi connectivity index (χ0) is 23.5. The summed E-state index contributed by atoms with van der Waals surface area (Å²) in [7, 11) is 0. The van der Waals surface area contributed by atoms with Crippen molar-refractivity contribution in [2.45, 2.75) is 32.9 Å². The van der Waals surface area contributed by atoms with E-state index in [4.69, 9.17) is 10.4 Å². The second-order valence-corrected chi connectivity index (χ2v) is 7.56. The molecule has 0 fully saturated rings. The zero-order valence-corrected chi connectivity index (χ0v) is 17.7. The van der Waals surface area contributed by atoms with Gasteiger partial charge in [0, 0.05) is 29.8 Å². The van der Waals surface area contributed by atoms with E-state index < -0.39 is 17.7 Å². The van der Waals surface area contributed by atoms with Crippen LogP contribution in [0.4, 0.5) is 13.2 Å². The predicted octanol–water partition coefficient (Wildman–Crippen LogP) is 3.69. The smallest absolute Gasteiger partial charge is 0.395 e. The van der Waals surface area contributed by atoms with Crippen molar-refractivity contribution in [3.63, 3.8) is 0 Å². The number of aliphatic hydroxyl groups excluding tert-OH is 1. The van der Waals surface area contributed by atoms with Gasteiger partial charge in [0.1, 0.15) is 0 Å². The highest BCUT2D eigenvalue weighted by molar-refractivity contribution is 5.94. The van der Waals surface area contributed by atoms with Crippen molar-refractivity contribution in [3.05, 3.63) is 70.1 Å². The molecule has 0 bridgehead atoms. The van der Waals surface area contributed by atoms with Crippen molar-refractivity contribution < 1.29 is 23.1 Å². The van der Waals surface area contributed by atoms with E-state index in [2.05, 4.69) is 10.4 Å². The molecule has 2 N–H and O–H groups in total. The number of halogens is 3. The third kappa shape index (κ3) is 4.92. The number of alkyl halides is 3. The molecule has 1 unspecified atom stereocenters. The summed E-state index contributed by atoms with van der Waals surface area (Å²) in [6, 6.07) is 8.70. The van der Waals surface area contributed by atoms with Gasteiger partial charge in [-0.3, -0.25) is 4.79 Å². The monoisotopic (exact) mass is 444 g/mol. The molecule has 0 radical (unpaired) electrons. The van der Waals surface area contributed by atoms with Crippen LogP contribution < -0.4 is 5.32 Å². The average molecular weight is 444 g/mol. The molecule has 1 heterocycles. The van der Waals surface area contributed by atoms with E-state index in [0.29, 0.717) is 29.1 Å². The van der Waals surface area contributed by atoms with E-state index in [1.54, 1.807) is 38.1 Å². The molecule has 168 valence electrons. The second-order valence-electron chi connectivity index (χ2n) is 7.56. The van der Waals surface area contributed by atoms with Gasteiger partial charge in [-0.15, -0.1) is 0 Å². The Hall–Kier alpha value is -3.38. The van der Waals surface area contributed by atoms with Gasteiger partial charge in [0.15, 0.2) is 0 Å². The topological polar surface area (TPSA) is 90.9 Å². The largest absolute Gasteiger partial charge is 0.414 e. The van der Waals surface area contributed by atoms with Crippen molar-refractivity contribution in [2.24, 2.45) is 5.92 Å².